The zero-order valence-electron chi connectivity index (χ0n) is 13.1. The molecule has 0 saturated carbocycles. The van der Waals surface area contributed by atoms with Crippen molar-refractivity contribution in [2.24, 2.45) is 16.9 Å². The quantitative estimate of drug-likeness (QED) is 0.737. The van der Waals surface area contributed by atoms with Crippen LogP contribution in [0.25, 0.3) is 0 Å². The van der Waals surface area contributed by atoms with E-state index in [4.69, 9.17) is 16.2 Å². The molecule has 124 valence electrons. The van der Waals surface area contributed by atoms with E-state index in [9.17, 15) is 9.59 Å². The molecule has 1 atom stereocenters. The Morgan fingerprint density at radius 1 is 1.23 bits per heavy atom. The number of hydrogen-bond donors (Lipinski definition) is 3. The number of nitrogens with one attached hydrogen (secondary N) is 1. The minimum absolute atomic E-state index is 0. The molecule has 22 heavy (non-hydrogen) atoms. The molecule has 0 aromatic heterocycles. The maximum Gasteiger partial charge on any atom is 0.241 e. The Bertz CT molecular complexity index is 498. The molecule has 0 aliphatic heterocycles. The molecule has 0 heterocycles. The van der Waals surface area contributed by atoms with Gasteiger partial charge >= 0.3 is 0 Å². The lowest BCUT2D eigenvalue weighted by Gasteiger charge is -2.25. The van der Waals surface area contributed by atoms with E-state index in [1.807, 2.05) is 20.8 Å². The first-order valence-electron chi connectivity index (χ1n) is 6.78. The Labute approximate surface area is 137 Å². The molecule has 5 N–H and O–H groups in total. The Morgan fingerprint density at radius 2 is 1.77 bits per heavy atom. The van der Waals surface area contributed by atoms with Crippen molar-refractivity contribution in [3.63, 3.8) is 0 Å². The highest BCUT2D eigenvalue weighted by atomic mass is 35.5. The number of halogens is 1. The highest BCUT2D eigenvalue weighted by Crippen LogP contribution is 2.20. The second-order valence-corrected chi connectivity index (χ2v) is 5.92. The van der Waals surface area contributed by atoms with Crippen LogP contribution >= 0.6 is 12.4 Å². The number of anilines is 1. The van der Waals surface area contributed by atoms with Gasteiger partial charge in [0.2, 0.25) is 11.8 Å². The fourth-order valence-electron chi connectivity index (χ4n) is 1.52. The predicted octanol–water partition coefficient (Wildman–Crippen LogP) is 1.67. The number of nitrogens with two attached hydrogens (primary N) is 2. The fraction of sp³-hybridized carbons (Fsp3) is 0.467. The van der Waals surface area contributed by atoms with E-state index in [2.05, 4.69) is 5.32 Å². The van der Waals surface area contributed by atoms with Crippen LogP contribution in [0.2, 0.25) is 0 Å². The zero-order chi connectivity index (χ0) is 16.0. The molecular weight excluding hydrogens is 306 g/mol. The van der Waals surface area contributed by atoms with Gasteiger partial charge in [-0.05, 0) is 29.7 Å². The molecule has 0 aliphatic carbocycles. The smallest absolute Gasteiger partial charge is 0.241 e. The van der Waals surface area contributed by atoms with Gasteiger partial charge in [-0.2, -0.15) is 0 Å². The Balaban J connectivity index is 0.00000441. The summed E-state index contributed by atoms with van der Waals surface area (Å²) < 4.78 is 5.34. The van der Waals surface area contributed by atoms with E-state index in [-0.39, 0.29) is 36.8 Å². The summed E-state index contributed by atoms with van der Waals surface area (Å²) in [5.41, 5.74) is 11.2. The molecule has 0 fully saturated rings. The van der Waals surface area contributed by atoms with Gasteiger partial charge in [0.15, 0.2) is 0 Å². The minimum Gasteiger partial charge on any atom is -0.493 e. The van der Waals surface area contributed by atoms with Gasteiger partial charge in [-0.1, -0.05) is 20.8 Å². The molecule has 0 radical (unpaired) electrons. The summed E-state index contributed by atoms with van der Waals surface area (Å²) in [6, 6.07) is 6.25. The molecule has 0 aliphatic rings. The molecule has 0 bridgehead atoms. The molecule has 1 rings (SSSR count). The number of ether oxygens (including phenoxy) is 1. The van der Waals surface area contributed by atoms with Crippen LogP contribution in [0.15, 0.2) is 24.3 Å². The molecule has 0 saturated heterocycles. The van der Waals surface area contributed by atoms with E-state index in [1.54, 1.807) is 24.3 Å². The fourth-order valence-corrected chi connectivity index (χ4v) is 1.52. The standard InChI is InChI=1S/C15H23N3O3.ClH/c1-15(2,3)13(17)14(20)18-10-4-6-11(7-5-10)21-9-8-12(16)19;/h4-7,13H,8-9,17H2,1-3H3,(H2,16,19)(H,18,20);1H/t13-;/m1./s1. The molecule has 1 aromatic rings. The van der Waals surface area contributed by atoms with Gasteiger partial charge in [0, 0.05) is 5.69 Å². The van der Waals surface area contributed by atoms with Gasteiger partial charge in [-0.15, -0.1) is 12.4 Å². The molecular formula is C15H24ClN3O3. The number of carbonyl (C=O) groups excluding carboxylic acids is 2. The Morgan fingerprint density at radius 3 is 2.23 bits per heavy atom. The summed E-state index contributed by atoms with van der Waals surface area (Å²) in [4.78, 5) is 22.6. The molecule has 0 spiro atoms. The lowest BCUT2D eigenvalue weighted by molar-refractivity contribution is -0.119. The molecule has 1 aromatic carbocycles. The monoisotopic (exact) mass is 329 g/mol. The van der Waals surface area contributed by atoms with Crippen LogP contribution in [0.4, 0.5) is 5.69 Å². The normalized spacial score (nSPS) is 12.0. The summed E-state index contributed by atoms with van der Waals surface area (Å²) in [6.45, 7) is 5.96. The average molecular weight is 330 g/mol. The highest BCUT2D eigenvalue weighted by molar-refractivity contribution is 5.95. The van der Waals surface area contributed by atoms with Gasteiger partial charge in [0.05, 0.1) is 19.1 Å². The lowest BCUT2D eigenvalue weighted by atomic mass is 9.87. The summed E-state index contributed by atoms with van der Waals surface area (Å²) in [5.74, 6) is -0.0330. The van der Waals surface area contributed by atoms with Crippen LogP contribution in [0, 0.1) is 5.41 Å². The summed E-state index contributed by atoms with van der Waals surface area (Å²) in [6.07, 6.45) is 0.166. The third kappa shape index (κ3) is 6.78. The summed E-state index contributed by atoms with van der Waals surface area (Å²) in [5, 5.41) is 2.76. The van der Waals surface area contributed by atoms with Gasteiger partial charge < -0.3 is 21.5 Å². The largest absolute Gasteiger partial charge is 0.493 e. The van der Waals surface area contributed by atoms with Gasteiger partial charge in [-0.25, -0.2) is 0 Å². The van der Waals surface area contributed by atoms with Crippen molar-refractivity contribution >= 4 is 29.9 Å². The number of hydrogen-bond acceptors (Lipinski definition) is 4. The summed E-state index contributed by atoms with van der Waals surface area (Å²) >= 11 is 0. The SMILES string of the molecule is CC(C)(C)[C@H](N)C(=O)Nc1ccc(OCCC(N)=O)cc1.Cl. The van der Waals surface area contributed by atoms with Crippen molar-refractivity contribution in [1.82, 2.24) is 0 Å². The van der Waals surface area contributed by atoms with Gasteiger partial charge in [0.1, 0.15) is 5.75 Å². The molecule has 2 amide bonds. The third-order valence-corrected chi connectivity index (χ3v) is 2.95. The van der Waals surface area contributed by atoms with E-state index >= 15 is 0 Å². The number of benzene rings is 1. The predicted molar refractivity (Wildman–Crippen MR) is 89.1 cm³/mol. The average Bonchev–Trinajstić information content (AvgIpc) is 2.38. The molecule has 0 unspecified atom stereocenters. The maximum atomic E-state index is 12.0. The number of carbonyl (C=O) groups is 2. The van der Waals surface area contributed by atoms with Crippen LogP contribution in [0.5, 0.6) is 5.75 Å². The van der Waals surface area contributed by atoms with Crippen LogP contribution in [-0.2, 0) is 9.59 Å². The summed E-state index contributed by atoms with van der Waals surface area (Å²) in [7, 11) is 0. The van der Waals surface area contributed by atoms with Crippen molar-refractivity contribution in [2.75, 3.05) is 11.9 Å². The topological polar surface area (TPSA) is 107 Å². The number of primary amides is 1. The van der Waals surface area contributed by atoms with Crippen molar-refractivity contribution < 1.29 is 14.3 Å². The van der Waals surface area contributed by atoms with Gasteiger partial charge in [-0.3, -0.25) is 9.59 Å². The first-order valence-corrected chi connectivity index (χ1v) is 6.78. The second kappa shape index (κ2) is 8.60. The van der Waals surface area contributed by atoms with Gasteiger partial charge in [0.25, 0.3) is 0 Å². The van der Waals surface area contributed by atoms with Crippen LogP contribution in [0.3, 0.4) is 0 Å². The molecule has 7 heteroatoms. The first-order chi connectivity index (χ1) is 9.70. The number of rotatable bonds is 6. The minimum atomic E-state index is -0.594. The van der Waals surface area contributed by atoms with Crippen molar-refractivity contribution in [1.29, 1.82) is 0 Å². The van der Waals surface area contributed by atoms with Crippen LogP contribution in [-0.4, -0.2) is 24.5 Å². The second-order valence-electron chi connectivity index (χ2n) is 5.92. The zero-order valence-corrected chi connectivity index (χ0v) is 13.9. The van der Waals surface area contributed by atoms with E-state index < -0.39 is 11.9 Å². The highest BCUT2D eigenvalue weighted by Gasteiger charge is 2.27. The van der Waals surface area contributed by atoms with Crippen molar-refractivity contribution in [3.05, 3.63) is 24.3 Å². The van der Waals surface area contributed by atoms with Crippen molar-refractivity contribution in [2.45, 2.75) is 33.2 Å². The molecule has 6 nitrogen and oxygen atoms in total. The Kier molecular flexibility index (Phi) is 7.90. The van der Waals surface area contributed by atoms with E-state index in [0.717, 1.165) is 0 Å². The van der Waals surface area contributed by atoms with Crippen molar-refractivity contribution in [3.8, 4) is 5.75 Å². The lowest BCUT2D eigenvalue weighted by Crippen LogP contribution is -2.45. The Hall–Kier alpha value is -1.79. The first kappa shape index (κ1) is 20.2. The maximum absolute atomic E-state index is 12.0. The van der Waals surface area contributed by atoms with Crippen LogP contribution in [0.1, 0.15) is 27.2 Å². The van der Waals surface area contributed by atoms with Crippen LogP contribution < -0.4 is 21.5 Å². The number of amides is 2. The van der Waals surface area contributed by atoms with E-state index in [1.165, 1.54) is 0 Å². The third-order valence-electron chi connectivity index (χ3n) is 2.95. The van der Waals surface area contributed by atoms with E-state index in [0.29, 0.717) is 11.4 Å².